The summed E-state index contributed by atoms with van der Waals surface area (Å²) in [7, 11) is 1.55. The average Bonchev–Trinajstić information content (AvgIpc) is 3.24. The van der Waals surface area contributed by atoms with Crippen LogP contribution in [0.2, 0.25) is 0 Å². The molecule has 0 fully saturated rings. The van der Waals surface area contributed by atoms with Gasteiger partial charge in [-0.3, -0.25) is 14.9 Å². The van der Waals surface area contributed by atoms with Gasteiger partial charge in [0.1, 0.15) is 5.75 Å². The van der Waals surface area contributed by atoms with Crippen LogP contribution in [0.25, 0.3) is 0 Å². The first-order chi connectivity index (χ1) is 15.1. The van der Waals surface area contributed by atoms with Crippen LogP contribution < -0.4 is 15.4 Å². The number of nitrogens with zero attached hydrogens (tertiary/aromatic N) is 2. The maximum atomic E-state index is 12.3. The summed E-state index contributed by atoms with van der Waals surface area (Å²) in [5, 5.41) is 14.0. The smallest absolute Gasteiger partial charge is 0.257 e. The molecule has 0 aliphatic carbocycles. The zero-order valence-corrected chi connectivity index (χ0v) is 19.0. The number of nitrogens with one attached hydrogen (secondary N) is 2. The van der Waals surface area contributed by atoms with Gasteiger partial charge in [-0.25, -0.2) is 0 Å². The molecule has 7 nitrogen and oxygen atoms in total. The number of anilines is 2. The molecule has 0 saturated carbocycles. The van der Waals surface area contributed by atoms with Gasteiger partial charge in [-0.1, -0.05) is 54.6 Å². The SMILES string of the molecule is CCCCc1ccc(NC(=O)CSc2nnc(NC(=O)c3cccc(OC)c3)s2)cc1. The van der Waals surface area contributed by atoms with Crippen molar-refractivity contribution in [2.45, 2.75) is 30.5 Å². The number of carbonyl (C=O) groups excluding carboxylic acids is 2. The molecular weight excluding hydrogens is 432 g/mol. The Bertz CT molecular complexity index is 1020. The number of methoxy groups -OCH3 is 1. The quantitative estimate of drug-likeness (QED) is 0.334. The number of rotatable bonds is 10. The van der Waals surface area contributed by atoms with Crippen LogP contribution in [-0.2, 0) is 11.2 Å². The molecule has 31 heavy (non-hydrogen) atoms. The molecule has 2 aromatic carbocycles. The van der Waals surface area contributed by atoms with E-state index in [1.807, 2.05) is 24.3 Å². The largest absolute Gasteiger partial charge is 0.497 e. The molecular formula is C22H24N4O3S2. The Hall–Kier alpha value is -2.91. The van der Waals surface area contributed by atoms with E-state index in [4.69, 9.17) is 4.74 Å². The summed E-state index contributed by atoms with van der Waals surface area (Å²) in [6, 6.07) is 14.8. The highest BCUT2D eigenvalue weighted by molar-refractivity contribution is 8.01. The maximum absolute atomic E-state index is 12.3. The van der Waals surface area contributed by atoms with Gasteiger partial charge < -0.3 is 10.1 Å². The summed E-state index contributed by atoms with van der Waals surface area (Å²) in [6.45, 7) is 2.17. The number of amides is 2. The van der Waals surface area contributed by atoms with Gasteiger partial charge in [0.05, 0.1) is 12.9 Å². The van der Waals surface area contributed by atoms with Crippen LogP contribution in [0.1, 0.15) is 35.7 Å². The highest BCUT2D eigenvalue weighted by Gasteiger charge is 2.12. The van der Waals surface area contributed by atoms with E-state index in [0.717, 1.165) is 24.9 Å². The minimum Gasteiger partial charge on any atom is -0.497 e. The van der Waals surface area contributed by atoms with Crippen molar-refractivity contribution in [3.63, 3.8) is 0 Å². The Balaban J connectivity index is 1.47. The summed E-state index contributed by atoms with van der Waals surface area (Å²) in [5.74, 6) is 0.383. The zero-order valence-electron chi connectivity index (χ0n) is 17.4. The highest BCUT2D eigenvalue weighted by Crippen LogP contribution is 2.26. The molecule has 3 aromatic rings. The summed E-state index contributed by atoms with van der Waals surface area (Å²) in [4.78, 5) is 24.6. The van der Waals surface area contributed by atoms with Gasteiger partial charge in [0.2, 0.25) is 11.0 Å². The Kier molecular flexibility index (Phi) is 8.43. The number of aryl methyl sites for hydroxylation is 1. The molecule has 0 radical (unpaired) electrons. The number of thioether (sulfide) groups is 1. The van der Waals surface area contributed by atoms with Gasteiger partial charge in [-0.05, 0) is 48.7 Å². The molecule has 2 amide bonds. The van der Waals surface area contributed by atoms with E-state index < -0.39 is 0 Å². The number of hydrogen-bond acceptors (Lipinski definition) is 7. The van der Waals surface area contributed by atoms with Gasteiger partial charge >= 0.3 is 0 Å². The number of unbranched alkanes of at least 4 members (excludes halogenated alkanes) is 1. The van der Waals surface area contributed by atoms with E-state index in [9.17, 15) is 9.59 Å². The second kappa shape index (κ2) is 11.5. The van der Waals surface area contributed by atoms with Crippen molar-refractivity contribution in [2.75, 3.05) is 23.5 Å². The van der Waals surface area contributed by atoms with Crippen LogP contribution in [-0.4, -0.2) is 34.9 Å². The number of ether oxygens (including phenoxy) is 1. The molecule has 0 atom stereocenters. The van der Waals surface area contributed by atoms with Crippen molar-refractivity contribution in [3.8, 4) is 5.75 Å². The maximum Gasteiger partial charge on any atom is 0.257 e. The Morgan fingerprint density at radius 2 is 1.90 bits per heavy atom. The summed E-state index contributed by atoms with van der Waals surface area (Å²) in [6.07, 6.45) is 3.37. The lowest BCUT2D eigenvalue weighted by molar-refractivity contribution is -0.113. The van der Waals surface area contributed by atoms with E-state index >= 15 is 0 Å². The third-order valence-corrected chi connectivity index (χ3v) is 6.31. The van der Waals surface area contributed by atoms with Crippen molar-refractivity contribution >= 4 is 45.7 Å². The van der Waals surface area contributed by atoms with Crippen molar-refractivity contribution in [1.29, 1.82) is 0 Å². The monoisotopic (exact) mass is 456 g/mol. The van der Waals surface area contributed by atoms with Crippen LogP contribution in [0.4, 0.5) is 10.8 Å². The molecule has 162 valence electrons. The Morgan fingerprint density at radius 1 is 1.10 bits per heavy atom. The van der Waals surface area contributed by atoms with Crippen LogP contribution in [0.15, 0.2) is 52.9 Å². The number of hydrogen-bond donors (Lipinski definition) is 2. The molecule has 1 heterocycles. The first-order valence-corrected chi connectivity index (χ1v) is 11.7. The lowest BCUT2D eigenvalue weighted by atomic mass is 10.1. The molecule has 2 N–H and O–H groups in total. The van der Waals surface area contributed by atoms with E-state index in [0.29, 0.717) is 20.8 Å². The van der Waals surface area contributed by atoms with E-state index in [1.165, 1.54) is 28.7 Å². The lowest BCUT2D eigenvalue weighted by Crippen LogP contribution is -2.13. The predicted molar refractivity (Wildman–Crippen MR) is 125 cm³/mol. The third kappa shape index (κ3) is 7.08. The fourth-order valence-electron chi connectivity index (χ4n) is 2.71. The average molecular weight is 457 g/mol. The predicted octanol–water partition coefficient (Wildman–Crippen LogP) is 4.87. The highest BCUT2D eigenvalue weighted by atomic mass is 32.2. The molecule has 3 rings (SSSR count). The van der Waals surface area contributed by atoms with Gasteiger partial charge in [0.25, 0.3) is 5.91 Å². The number of carbonyl (C=O) groups is 2. The minimum atomic E-state index is -0.299. The van der Waals surface area contributed by atoms with E-state index in [1.54, 1.807) is 31.4 Å². The second-order valence-electron chi connectivity index (χ2n) is 6.70. The number of aromatic nitrogens is 2. The van der Waals surface area contributed by atoms with E-state index in [2.05, 4.69) is 27.8 Å². The molecule has 1 aromatic heterocycles. The summed E-state index contributed by atoms with van der Waals surface area (Å²) < 4.78 is 5.73. The van der Waals surface area contributed by atoms with Gasteiger partial charge in [-0.2, -0.15) is 0 Å². The molecule has 0 aliphatic rings. The van der Waals surface area contributed by atoms with Crippen molar-refractivity contribution in [1.82, 2.24) is 10.2 Å². The van der Waals surface area contributed by atoms with Crippen molar-refractivity contribution < 1.29 is 14.3 Å². The van der Waals surface area contributed by atoms with Crippen LogP contribution >= 0.6 is 23.1 Å². The standard InChI is InChI=1S/C22H24N4O3S2/c1-3-4-6-15-9-11-17(12-10-15)23-19(27)14-30-22-26-25-21(31-22)24-20(28)16-7-5-8-18(13-16)29-2/h5,7-13H,3-4,6,14H2,1-2H3,(H,23,27)(H,24,25,28). The number of benzene rings is 2. The van der Waals surface area contributed by atoms with Crippen molar-refractivity contribution in [2.24, 2.45) is 0 Å². The van der Waals surface area contributed by atoms with Crippen LogP contribution in [0, 0.1) is 0 Å². The third-order valence-electron chi connectivity index (χ3n) is 4.34. The first-order valence-electron chi connectivity index (χ1n) is 9.88. The fraction of sp³-hybridized carbons (Fsp3) is 0.273. The molecule has 9 heteroatoms. The van der Waals surface area contributed by atoms with Crippen LogP contribution in [0.5, 0.6) is 5.75 Å². The summed E-state index contributed by atoms with van der Waals surface area (Å²) >= 11 is 2.49. The molecule has 0 saturated heterocycles. The summed E-state index contributed by atoms with van der Waals surface area (Å²) in [5.41, 5.74) is 2.50. The minimum absolute atomic E-state index is 0.122. The van der Waals surface area contributed by atoms with Crippen molar-refractivity contribution in [3.05, 3.63) is 59.7 Å². The van der Waals surface area contributed by atoms with Gasteiger partial charge in [0.15, 0.2) is 4.34 Å². The normalized spacial score (nSPS) is 10.5. The van der Waals surface area contributed by atoms with Gasteiger partial charge in [-0.15, -0.1) is 10.2 Å². The second-order valence-corrected chi connectivity index (χ2v) is 8.90. The Labute approximate surface area is 189 Å². The van der Waals surface area contributed by atoms with E-state index in [-0.39, 0.29) is 17.6 Å². The molecule has 0 unspecified atom stereocenters. The molecule has 0 spiro atoms. The molecule has 0 bridgehead atoms. The molecule has 0 aliphatic heterocycles. The van der Waals surface area contributed by atoms with Gasteiger partial charge in [0, 0.05) is 11.3 Å². The lowest BCUT2D eigenvalue weighted by Gasteiger charge is -2.06. The first kappa shape index (κ1) is 22.8. The van der Waals surface area contributed by atoms with Crippen LogP contribution in [0.3, 0.4) is 0 Å². The fourth-order valence-corrected chi connectivity index (χ4v) is 4.26. The zero-order chi connectivity index (χ0) is 22.1. The topological polar surface area (TPSA) is 93.2 Å². The Morgan fingerprint density at radius 3 is 2.65 bits per heavy atom.